The second-order valence-corrected chi connectivity index (χ2v) is 3.92. The Kier molecular flexibility index (Phi) is 3.29. The third kappa shape index (κ3) is 2.97. The van der Waals surface area contributed by atoms with Gasteiger partial charge in [-0.25, -0.2) is 9.78 Å². The number of ether oxygens (including phenoxy) is 1. The molecule has 0 aromatic carbocycles. The van der Waals surface area contributed by atoms with Crippen molar-refractivity contribution in [3.05, 3.63) is 23.4 Å². The van der Waals surface area contributed by atoms with Gasteiger partial charge in [0.2, 0.25) is 0 Å². The number of nitrogens with zero attached hydrogens (tertiary/aromatic N) is 1. The number of hydrogen-bond donors (Lipinski definition) is 1. The number of esters is 1. The minimum absolute atomic E-state index is 0.340. The quantitative estimate of drug-likeness (QED) is 0.619. The molecule has 1 aromatic heterocycles. The summed E-state index contributed by atoms with van der Waals surface area (Å²) in [4.78, 5) is 15.5. The number of carbonyl (C=O) groups is 1. The standard InChI is InChI=1S/C13H14N2O2/c1-2-17-13(16)11-7-10(12(14)15-8-11)6-5-9-3-4-9/h7-9H,2-4H2,1H3,(H2,14,15). The Morgan fingerprint density at radius 3 is 3.06 bits per heavy atom. The van der Waals surface area contributed by atoms with E-state index in [0.717, 1.165) is 12.8 Å². The van der Waals surface area contributed by atoms with E-state index < -0.39 is 5.97 Å². The first-order chi connectivity index (χ1) is 8.20. The molecule has 1 aromatic rings. The number of pyridine rings is 1. The van der Waals surface area contributed by atoms with Gasteiger partial charge < -0.3 is 10.5 Å². The number of aromatic nitrogens is 1. The second-order valence-electron chi connectivity index (χ2n) is 3.92. The van der Waals surface area contributed by atoms with Gasteiger partial charge in [-0.15, -0.1) is 0 Å². The lowest BCUT2D eigenvalue weighted by atomic mass is 10.2. The van der Waals surface area contributed by atoms with E-state index in [1.165, 1.54) is 6.20 Å². The maximum absolute atomic E-state index is 11.5. The van der Waals surface area contributed by atoms with Crippen molar-refractivity contribution < 1.29 is 9.53 Å². The Morgan fingerprint density at radius 1 is 1.65 bits per heavy atom. The zero-order valence-electron chi connectivity index (χ0n) is 9.69. The van der Waals surface area contributed by atoms with Crippen molar-refractivity contribution in [1.82, 2.24) is 4.98 Å². The molecule has 0 unspecified atom stereocenters. The maximum atomic E-state index is 11.5. The Bertz CT molecular complexity index is 496. The van der Waals surface area contributed by atoms with Crippen LogP contribution in [0.15, 0.2) is 12.3 Å². The van der Waals surface area contributed by atoms with E-state index in [4.69, 9.17) is 10.5 Å². The van der Waals surface area contributed by atoms with Crippen LogP contribution in [0.1, 0.15) is 35.7 Å². The smallest absolute Gasteiger partial charge is 0.339 e. The molecule has 2 rings (SSSR count). The average Bonchev–Trinajstić information content (AvgIpc) is 3.12. The molecule has 1 heterocycles. The first-order valence-electron chi connectivity index (χ1n) is 5.65. The molecule has 1 aliphatic carbocycles. The highest BCUT2D eigenvalue weighted by Gasteiger charge is 2.18. The van der Waals surface area contributed by atoms with Crippen molar-refractivity contribution in [2.45, 2.75) is 19.8 Å². The van der Waals surface area contributed by atoms with Gasteiger partial charge in [0.05, 0.1) is 17.7 Å². The van der Waals surface area contributed by atoms with Crippen LogP contribution in [-0.2, 0) is 4.74 Å². The predicted molar refractivity (Wildman–Crippen MR) is 64.2 cm³/mol. The Morgan fingerprint density at radius 2 is 2.41 bits per heavy atom. The van der Waals surface area contributed by atoms with Gasteiger partial charge in [0.15, 0.2) is 0 Å². The van der Waals surface area contributed by atoms with E-state index in [0.29, 0.717) is 29.5 Å². The van der Waals surface area contributed by atoms with Crippen molar-refractivity contribution in [3.8, 4) is 11.8 Å². The van der Waals surface area contributed by atoms with Crippen LogP contribution in [0.4, 0.5) is 5.82 Å². The van der Waals surface area contributed by atoms with Gasteiger partial charge in [0, 0.05) is 12.1 Å². The van der Waals surface area contributed by atoms with E-state index in [-0.39, 0.29) is 0 Å². The van der Waals surface area contributed by atoms with Crippen molar-refractivity contribution in [2.24, 2.45) is 5.92 Å². The van der Waals surface area contributed by atoms with Crippen molar-refractivity contribution >= 4 is 11.8 Å². The number of anilines is 1. The molecular weight excluding hydrogens is 216 g/mol. The van der Waals surface area contributed by atoms with Gasteiger partial charge in [-0.05, 0) is 25.8 Å². The van der Waals surface area contributed by atoms with Crippen LogP contribution in [-0.4, -0.2) is 17.6 Å². The molecule has 17 heavy (non-hydrogen) atoms. The van der Waals surface area contributed by atoms with E-state index >= 15 is 0 Å². The van der Waals surface area contributed by atoms with Crippen LogP contribution < -0.4 is 5.73 Å². The summed E-state index contributed by atoms with van der Waals surface area (Å²) in [6, 6.07) is 1.63. The lowest BCUT2D eigenvalue weighted by molar-refractivity contribution is 0.0526. The second kappa shape index (κ2) is 4.88. The molecular formula is C13H14N2O2. The highest BCUT2D eigenvalue weighted by Crippen LogP contribution is 2.27. The van der Waals surface area contributed by atoms with Crippen LogP contribution in [0.3, 0.4) is 0 Å². The minimum Gasteiger partial charge on any atom is -0.462 e. The molecule has 0 radical (unpaired) electrons. The molecule has 0 atom stereocenters. The van der Waals surface area contributed by atoms with Crippen molar-refractivity contribution in [1.29, 1.82) is 0 Å². The van der Waals surface area contributed by atoms with E-state index in [2.05, 4.69) is 16.8 Å². The summed E-state index contributed by atoms with van der Waals surface area (Å²) in [5.74, 6) is 6.50. The third-order valence-electron chi connectivity index (χ3n) is 2.42. The Balaban J connectivity index is 2.23. The molecule has 4 heteroatoms. The predicted octanol–water partition coefficient (Wildman–Crippen LogP) is 1.60. The molecule has 0 bridgehead atoms. The van der Waals surface area contributed by atoms with Crippen LogP contribution in [0, 0.1) is 17.8 Å². The van der Waals surface area contributed by atoms with Gasteiger partial charge in [-0.1, -0.05) is 11.8 Å². The van der Waals surface area contributed by atoms with Gasteiger partial charge in [0.25, 0.3) is 0 Å². The summed E-state index contributed by atoms with van der Waals surface area (Å²) in [6.45, 7) is 2.10. The van der Waals surface area contributed by atoms with Crippen molar-refractivity contribution in [2.75, 3.05) is 12.3 Å². The fourth-order valence-corrected chi connectivity index (χ4v) is 1.31. The first-order valence-corrected chi connectivity index (χ1v) is 5.65. The first kappa shape index (κ1) is 11.5. The lowest BCUT2D eigenvalue weighted by Gasteiger charge is -2.03. The topological polar surface area (TPSA) is 65.2 Å². The molecule has 1 aliphatic rings. The van der Waals surface area contributed by atoms with Gasteiger partial charge in [-0.3, -0.25) is 0 Å². The Labute approximate surface area is 100 Å². The summed E-state index contributed by atoms with van der Waals surface area (Å²) >= 11 is 0. The van der Waals surface area contributed by atoms with Crippen LogP contribution in [0.5, 0.6) is 0 Å². The SMILES string of the molecule is CCOC(=O)c1cnc(N)c(C#CC2CC2)c1. The summed E-state index contributed by atoms with van der Waals surface area (Å²) < 4.78 is 4.89. The summed E-state index contributed by atoms with van der Waals surface area (Å²) in [5, 5.41) is 0. The highest BCUT2D eigenvalue weighted by molar-refractivity contribution is 5.89. The molecule has 0 saturated heterocycles. The number of hydrogen-bond acceptors (Lipinski definition) is 4. The van der Waals surface area contributed by atoms with Gasteiger partial charge in [-0.2, -0.15) is 0 Å². The summed E-state index contributed by atoms with van der Waals surface area (Å²) in [6.07, 6.45) is 3.71. The highest BCUT2D eigenvalue weighted by atomic mass is 16.5. The number of nitrogens with two attached hydrogens (primary N) is 1. The van der Waals surface area contributed by atoms with Crippen LogP contribution in [0.2, 0.25) is 0 Å². The summed E-state index contributed by atoms with van der Waals surface area (Å²) in [7, 11) is 0. The fourth-order valence-electron chi connectivity index (χ4n) is 1.31. The van der Waals surface area contributed by atoms with Gasteiger partial charge in [0.1, 0.15) is 5.82 Å². The lowest BCUT2D eigenvalue weighted by Crippen LogP contribution is -2.07. The maximum Gasteiger partial charge on any atom is 0.339 e. The van der Waals surface area contributed by atoms with Crippen LogP contribution >= 0.6 is 0 Å². The van der Waals surface area contributed by atoms with Gasteiger partial charge >= 0.3 is 5.97 Å². The minimum atomic E-state index is -0.394. The molecule has 88 valence electrons. The molecule has 1 saturated carbocycles. The van der Waals surface area contributed by atoms with E-state index in [9.17, 15) is 4.79 Å². The van der Waals surface area contributed by atoms with E-state index in [1.807, 2.05) is 0 Å². The zero-order chi connectivity index (χ0) is 12.3. The number of rotatable bonds is 2. The molecule has 2 N–H and O–H groups in total. The molecule has 0 spiro atoms. The number of carbonyl (C=O) groups excluding carboxylic acids is 1. The molecule has 0 amide bonds. The fraction of sp³-hybridized carbons (Fsp3) is 0.385. The molecule has 0 aliphatic heterocycles. The normalized spacial score (nSPS) is 13.7. The average molecular weight is 230 g/mol. The van der Waals surface area contributed by atoms with Crippen LogP contribution in [0.25, 0.3) is 0 Å². The summed E-state index contributed by atoms with van der Waals surface area (Å²) in [5.41, 5.74) is 6.69. The largest absolute Gasteiger partial charge is 0.462 e. The monoisotopic (exact) mass is 230 g/mol. The Hall–Kier alpha value is -2.02. The third-order valence-corrected chi connectivity index (χ3v) is 2.42. The van der Waals surface area contributed by atoms with Crippen molar-refractivity contribution in [3.63, 3.8) is 0 Å². The molecule has 4 nitrogen and oxygen atoms in total. The number of nitrogen functional groups attached to an aromatic ring is 1. The molecule has 1 fully saturated rings. The van der Waals surface area contributed by atoms with E-state index in [1.54, 1.807) is 13.0 Å². The zero-order valence-corrected chi connectivity index (χ0v) is 9.69.